The molecule has 0 unspecified atom stereocenters. The molecule has 3 heterocycles. The fourth-order valence-electron chi connectivity index (χ4n) is 4.67. The highest BCUT2D eigenvalue weighted by atomic mass is 35.5. The molecule has 0 radical (unpaired) electrons. The number of thiazole rings is 1. The molecule has 42 heavy (non-hydrogen) atoms. The zero-order chi connectivity index (χ0) is 30.3. The molecule has 0 fully saturated rings. The molecule has 1 aliphatic heterocycles. The van der Waals surface area contributed by atoms with Crippen molar-refractivity contribution < 1.29 is 23.8 Å². The lowest BCUT2D eigenvalue weighted by atomic mass is 9.94. The van der Waals surface area contributed by atoms with Crippen LogP contribution in [0.3, 0.4) is 0 Å². The lowest BCUT2D eigenvalue weighted by Gasteiger charge is -2.24. The van der Waals surface area contributed by atoms with Crippen molar-refractivity contribution in [3.8, 4) is 11.3 Å². The third-order valence-electron chi connectivity index (χ3n) is 6.58. The molecule has 1 aliphatic rings. The molecule has 1 atom stereocenters. The van der Waals surface area contributed by atoms with Gasteiger partial charge in [-0.25, -0.2) is 9.79 Å². The highest BCUT2D eigenvalue weighted by Crippen LogP contribution is 2.35. The van der Waals surface area contributed by atoms with Crippen molar-refractivity contribution in [1.82, 2.24) is 4.57 Å². The van der Waals surface area contributed by atoms with Gasteiger partial charge in [-0.05, 0) is 50.6 Å². The summed E-state index contributed by atoms with van der Waals surface area (Å²) in [6.45, 7) is 4.92. The van der Waals surface area contributed by atoms with Gasteiger partial charge in [0, 0.05) is 28.8 Å². The van der Waals surface area contributed by atoms with E-state index < -0.39 is 27.4 Å². The summed E-state index contributed by atoms with van der Waals surface area (Å²) in [5.41, 5.74) is 0.451. The van der Waals surface area contributed by atoms with Gasteiger partial charge in [-0.3, -0.25) is 29.6 Å². The minimum absolute atomic E-state index is 0.0768. The summed E-state index contributed by atoms with van der Waals surface area (Å²) in [4.78, 5) is 53.8. The van der Waals surface area contributed by atoms with E-state index >= 15 is 0 Å². The first kappa shape index (κ1) is 28.6. The summed E-state index contributed by atoms with van der Waals surface area (Å²) in [6.07, 6.45) is 1.47. The second-order valence-corrected chi connectivity index (χ2v) is 10.7. The predicted molar refractivity (Wildman–Crippen MR) is 154 cm³/mol. The minimum atomic E-state index is -1.04. The van der Waals surface area contributed by atoms with Crippen LogP contribution in [0.15, 0.2) is 74.0 Å². The van der Waals surface area contributed by atoms with Gasteiger partial charge in [-0.1, -0.05) is 35.1 Å². The highest BCUT2D eigenvalue weighted by molar-refractivity contribution is 7.07. The molecule has 0 amide bonds. The monoisotopic (exact) mass is 608 g/mol. The van der Waals surface area contributed by atoms with E-state index in [0.717, 1.165) is 11.3 Å². The first-order valence-electron chi connectivity index (χ1n) is 12.5. The molecule has 214 valence electrons. The molecular weight excluding hydrogens is 588 g/mol. The average molecular weight is 609 g/mol. The number of aromatic nitrogens is 1. The number of fused-ring (bicyclic) bond motifs is 1. The number of ether oxygens (including phenoxy) is 1. The van der Waals surface area contributed by atoms with Gasteiger partial charge in [0.2, 0.25) is 0 Å². The van der Waals surface area contributed by atoms with Gasteiger partial charge in [0.05, 0.1) is 43.9 Å². The molecule has 0 saturated heterocycles. The topological polar surface area (TPSA) is 160 Å². The zero-order valence-corrected chi connectivity index (χ0v) is 23.9. The van der Waals surface area contributed by atoms with Crippen LogP contribution in [0.5, 0.6) is 0 Å². The SMILES string of the molecule is CCOC(=O)C1=C(C)N=c2s/c(=C/c3ccc(-c4ccc(Cl)cc4[N+](=O)[O-])o3)c(=O)n2[C@@H]1c1ccc(C)c([N+](=O)[O-])c1. The molecule has 0 spiro atoms. The summed E-state index contributed by atoms with van der Waals surface area (Å²) in [5, 5.41) is 23.4. The number of nitrogens with zero attached hydrogens (tertiary/aromatic N) is 4. The Labute approximate surface area is 245 Å². The van der Waals surface area contributed by atoms with Crippen molar-refractivity contribution in [2.24, 2.45) is 4.99 Å². The number of carbonyl (C=O) groups is 1. The Hall–Kier alpha value is -4.88. The van der Waals surface area contributed by atoms with Crippen LogP contribution in [0.1, 0.15) is 36.8 Å². The average Bonchev–Trinajstić information content (AvgIpc) is 3.52. The van der Waals surface area contributed by atoms with Crippen molar-refractivity contribution >= 4 is 46.4 Å². The van der Waals surface area contributed by atoms with Gasteiger partial charge in [0.1, 0.15) is 11.5 Å². The Bertz CT molecular complexity index is 2010. The van der Waals surface area contributed by atoms with E-state index in [1.54, 1.807) is 39.0 Å². The molecule has 0 saturated carbocycles. The quantitative estimate of drug-likeness (QED) is 0.164. The van der Waals surface area contributed by atoms with Crippen LogP contribution in [0.25, 0.3) is 17.4 Å². The normalized spacial score (nSPS) is 14.9. The van der Waals surface area contributed by atoms with Crippen LogP contribution in [0.4, 0.5) is 11.4 Å². The van der Waals surface area contributed by atoms with E-state index in [9.17, 15) is 29.8 Å². The number of aryl methyl sites for hydroxylation is 1. The van der Waals surface area contributed by atoms with Crippen LogP contribution in [-0.2, 0) is 9.53 Å². The summed E-state index contributed by atoms with van der Waals surface area (Å²) in [5.74, 6) is -0.257. The molecule has 4 aromatic rings. The number of benzene rings is 2. The van der Waals surface area contributed by atoms with Gasteiger partial charge in [-0.2, -0.15) is 0 Å². The van der Waals surface area contributed by atoms with E-state index in [1.807, 2.05) is 0 Å². The minimum Gasteiger partial charge on any atom is -0.463 e. The molecule has 14 heteroatoms. The fraction of sp³-hybridized carbons (Fsp3) is 0.179. The predicted octanol–water partition coefficient (Wildman–Crippen LogP) is 4.84. The second kappa shape index (κ2) is 11.2. The summed E-state index contributed by atoms with van der Waals surface area (Å²) in [7, 11) is 0. The van der Waals surface area contributed by atoms with Crippen molar-refractivity contribution in [2.45, 2.75) is 26.8 Å². The Kier molecular flexibility index (Phi) is 7.63. The molecule has 2 aromatic carbocycles. The number of allylic oxidation sites excluding steroid dienone is 1. The smallest absolute Gasteiger partial charge is 0.338 e. The molecular formula is C28H21ClN4O8S. The fourth-order valence-corrected chi connectivity index (χ4v) is 5.86. The van der Waals surface area contributed by atoms with Crippen LogP contribution < -0.4 is 14.9 Å². The number of nitro benzene ring substituents is 2. The standard InChI is InChI=1S/C28H21ClN4O8S/c1-4-40-27(35)24-15(3)30-28-31(25(24)16-6-5-14(2)20(11-16)32(36)37)26(34)23(42-28)13-18-8-10-22(41-18)19-9-7-17(29)12-21(19)33(38)39/h5-13,25H,4H2,1-3H3/b23-13+/t25-/m1/s1. The second-order valence-electron chi connectivity index (χ2n) is 9.23. The highest BCUT2D eigenvalue weighted by Gasteiger charge is 2.34. The van der Waals surface area contributed by atoms with Crippen LogP contribution >= 0.6 is 22.9 Å². The first-order valence-corrected chi connectivity index (χ1v) is 13.7. The third-order valence-corrected chi connectivity index (χ3v) is 7.80. The summed E-state index contributed by atoms with van der Waals surface area (Å²) in [6, 6.07) is 10.8. The van der Waals surface area contributed by atoms with Gasteiger partial charge in [-0.15, -0.1) is 0 Å². The number of hydrogen-bond acceptors (Lipinski definition) is 10. The van der Waals surface area contributed by atoms with Crippen LogP contribution in [-0.4, -0.2) is 27.0 Å². The largest absolute Gasteiger partial charge is 0.463 e. The molecule has 0 N–H and O–H groups in total. The number of furan rings is 1. The Morgan fingerprint density at radius 2 is 1.86 bits per heavy atom. The van der Waals surface area contributed by atoms with Crippen LogP contribution in [0, 0.1) is 27.2 Å². The number of nitro groups is 2. The Morgan fingerprint density at radius 3 is 2.55 bits per heavy atom. The van der Waals surface area contributed by atoms with Crippen LogP contribution in [0.2, 0.25) is 5.02 Å². The summed E-state index contributed by atoms with van der Waals surface area (Å²) < 4.78 is 12.6. The van der Waals surface area contributed by atoms with E-state index in [2.05, 4.69) is 4.99 Å². The van der Waals surface area contributed by atoms with E-state index in [1.165, 1.54) is 41.0 Å². The number of hydrogen-bond donors (Lipinski definition) is 0. The van der Waals surface area contributed by atoms with Gasteiger partial charge >= 0.3 is 5.97 Å². The van der Waals surface area contributed by atoms with E-state index in [-0.39, 0.29) is 55.0 Å². The summed E-state index contributed by atoms with van der Waals surface area (Å²) >= 11 is 6.96. The van der Waals surface area contributed by atoms with Crippen molar-refractivity contribution in [2.75, 3.05) is 6.61 Å². The number of halogens is 1. The van der Waals surface area contributed by atoms with Gasteiger partial charge in [0.25, 0.3) is 16.9 Å². The van der Waals surface area contributed by atoms with Gasteiger partial charge < -0.3 is 9.15 Å². The van der Waals surface area contributed by atoms with Crippen molar-refractivity contribution in [3.05, 3.63) is 122 Å². The lowest BCUT2D eigenvalue weighted by molar-refractivity contribution is -0.385. The van der Waals surface area contributed by atoms with Gasteiger partial charge in [0.15, 0.2) is 4.80 Å². The van der Waals surface area contributed by atoms with Crippen molar-refractivity contribution in [3.63, 3.8) is 0 Å². The number of esters is 1. The third kappa shape index (κ3) is 5.15. The maximum atomic E-state index is 13.8. The number of rotatable bonds is 7. The molecule has 0 aliphatic carbocycles. The van der Waals surface area contributed by atoms with E-state index in [4.69, 9.17) is 20.8 Å². The molecule has 2 aromatic heterocycles. The number of carbonyl (C=O) groups excluding carboxylic acids is 1. The first-order chi connectivity index (χ1) is 20.0. The molecule has 0 bridgehead atoms. The Balaban J connectivity index is 1.67. The lowest BCUT2D eigenvalue weighted by Crippen LogP contribution is -2.40. The molecule has 12 nitrogen and oxygen atoms in total. The van der Waals surface area contributed by atoms with Crippen molar-refractivity contribution in [1.29, 1.82) is 0 Å². The molecule has 5 rings (SSSR count). The van der Waals surface area contributed by atoms with E-state index in [0.29, 0.717) is 16.8 Å². The Morgan fingerprint density at radius 1 is 1.12 bits per heavy atom. The maximum absolute atomic E-state index is 13.8. The maximum Gasteiger partial charge on any atom is 0.338 e. The zero-order valence-electron chi connectivity index (χ0n) is 22.3.